The first-order valence-corrected chi connectivity index (χ1v) is 14.6. The van der Waals surface area contributed by atoms with Crippen molar-refractivity contribution in [3.63, 3.8) is 0 Å². The standard InChI is InChI=1S/C33H47N3O7/c1-9-23-15-17-25(18-16-23)27(36(19-20-37)29(39)22(2)34-31(41)43-33(6,7)8)28(38)35-26(30(40)42-32(3,4)5)21-24-13-11-10-12-14-24/h10-18,22,26-27,37H,9,19-21H2,1-8H3,(H,34,41)(H,35,38). The minimum absolute atomic E-state index is 0.160. The van der Waals surface area contributed by atoms with Gasteiger partial charge < -0.3 is 30.1 Å². The Morgan fingerprint density at radius 1 is 0.837 bits per heavy atom. The molecule has 0 bridgehead atoms. The third kappa shape index (κ3) is 11.7. The zero-order valence-corrected chi connectivity index (χ0v) is 26.6. The molecule has 3 unspecified atom stereocenters. The van der Waals surface area contributed by atoms with E-state index >= 15 is 0 Å². The predicted octanol–water partition coefficient (Wildman–Crippen LogP) is 4.09. The SMILES string of the molecule is CCc1ccc(C(C(=O)NC(Cc2ccccc2)C(=O)OC(C)(C)C)N(CCO)C(=O)C(C)NC(=O)OC(C)(C)C)cc1. The van der Waals surface area contributed by atoms with Crippen molar-refractivity contribution in [3.05, 3.63) is 71.3 Å². The van der Waals surface area contributed by atoms with Crippen LogP contribution in [0.15, 0.2) is 54.6 Å². The molecular weight excluding hydrogens is 550 g/mol. The fourth-order valence-corrected chi connectivity index (χ4v) is 4.34. The van der Waals surface area contributed by atoms with Gasteiger partial charge in [-0.25, -0.2) is 9.59 Å². The second kappa shape index (κ2) is 15.5. The molecule has 3 amide bonds. The van der Waals surface area contributed by atoms with Crippen LogP contribution in [0.4, 0.5) is 4.79 Å². The van der Waals surface area contributed by atoms with Crippen LogP contribution in [0.25, 0.3) is 0 Å². The van der Waals surface area contributed by atoms with E-state index in [4.69, 9.17) is 9.47 Å². The van der Waals surface area contributed by atoms with Gasteiger partial charge in [-0.3, -0.25) is 9.59 Å². The highest BCUT2D eigenvalue weighted by molar-refractivity contribution is 5.93. The molecule has 0 aliphatic rings. The van der Waals surface area contributed by atoms with Gasteiger partial charge in [-0.05, 0) is 71.6 Å². The lowest BCUT2D eigenvalue weighted by Crippen LogP contribution is -2.54. The van der Waals surface area contributed by atoms with Crippen molar-refractivity contribution in [2.45, 2.75) is 97.6 Å². The Kier molecular flexibility index (Phi) is 12.7. The van der Waals surface area contributed by atoms with Crippen LogP contribution in [-0.4, -0.2) is 70.3 Å². The van der Waals surface area contributed by atoms with Crippen LogP contribution < -0.4 is 10.6 Å². The Bertz CT molecular complexity index is 1220. The minimum Gasteiger partial charge on any atom is -0.458 e. The number of nitrogens with zero attached hydrogens (tertiary/aromatic N) is 1. The number of carbonyl (C=O) groups is 4. The van der Waals surface area contributed by atoms with Crippen LogP contribution in [0, 0.1) is 0 Å². The second-order valence-corrected chi connectivity index (χ2v) is 12.4. The summed E-state index contributed by atoms with van der Waals surface area (Å²) in [4.78, 5) is 54.8. The maximum atomic E-state index is 14.1. The smallest absolute Gasteiger partial charge is 0.408 e. The molecule has 2 aromatic rings. The number of benzene rings is 2. The molecule has 2 rings (SSSR count). The Hall–Kier alpha value is -3.92. The fourth-order valence-electron chi connectivity index (χ4n) is 4.34. The van der Waals surface area contributed by atoms with E-state index in [-0.39, 0.29) is 13.0 Å². The Balaban J connectivity index is 2.49. The average molecular weight is 598 g/mol. The van der Waals surface area contributed by atoms with E-state index in [1.165, 1.54) is 11.8 Å². The first-order chi connectivity index (χ1) is 20.0. The number of aryl methyl sites for hydroxylation is 1. The number of aliphatic hydroxyl groups excluding tert-OH is 1. The number of hydrogen-bond acceptors (Lipinski definition) is 7. The van der Waals surface area contributed by atoms with Gasteiger partial charge in [0.05, 0.1) is 6.61 Å². The van der Waals surface area contributed by atoms with Crippen LogP contribution in [0.5, 0.6) is 0 Å². The van der Waals surface area contributed by atoms with E-state index in [0.29, 0.717) is 5.56 Å². The quantitative estimate of drug-likeness (QED) is 0.314. The molecule has 0 aliphatic carbocycles. The molecule has 0 aromatic heterocycles. The molecule has 0 radical (unpaired) electrons. The lowest BCUT2D eigenvalue weighted by Gasteiger charge is -2.34. The van der Waals surface area contributed by atoms with Gasteiger partial charge in [0.15, 0.2) is 0 Å². The van der Waals surface area contributed by atoms with Gasteiger partial charge in [0.2, 0.25) is 11.8 Å². The largest absolute Gasteiger partial charge is 0.458 e. The number of amides is 3. The molecule has 0 saturated carbocycles. The Morgan fingerprint density at radius 2 is 1.42 bits per heavy atom. The third-order valence-electron chi connectivity index (χ3n) is 6.28. The van der Waals surface area contributed by atoms with Gasteiger partial charge in [-0.15, -0.1) is 0 Å². The maximum absolute atomic E-state index is 14.1. The number of carbonyl (C=O) groups excluding carboxylic acids is 4. The van der Waals surface area contributed by atoms with E-state index < -0.39 is 59.8 Å². The van der Waals surface area contributed by atoms with Crippen molar-refractivity contribution in [2.24, 2.45) is 0 Å². The molecule has 0 saturated heterocycles. The molecule has 0 aliphatic heterocycles. The molecule has 10 nitrogen and oxygen atoms in total. The van der Waals surface area contributed by atoms with Crippen molar-refractivity contribution in [1.29, 1.82) is 0 Å². The molecule has 0 heterocycles. The van der Waals surface area contributed by atoms with Crippen LogP contribution in [-0.2, 0) is 36.7 Å². The summed E-state index contributed by atoms with van der Waals surface area (Å²) in [5.41, 5.74) is 0.729. The highest BCUT2D eigenvalue weighted by Gasteiger charge is 2.37. The van der Waals surface area contributed by atoms with Gasteiger partial charge in [-0.2, -0.15) is 0 Å². The van der Waals surface area contributed by atoms with Crippen molar-refractivity contribution in [1.82, 2.24) is 15.5 Å². The molecule has 0 fully saturated rings. The summed E-state index contributed by atoms with van der Waals surface area (Å²) in [6.45, 7) is 13.2. The van der Waals surface area contributed by atoms with Crippen molar-refractivity contribution in [3.8, 4) is 0 Å². The summed E-state index contributed by atoms with van der Waals surface area (Å²) in [7, 11) is 0. The normalized spacial score (nSPS) is 13.7. The van der Waals surface area contributed by atoms with Crippen molar-refractivity contribution in [2.75, 3.05) is 13.2 Å². The van der Waals surface area contributed by atoms with Crippen LogP contribution in [0.3, 0.4) is 0 Å². The summed E-state index contributed by atoms with van der Waals surface area (Å²) < 4.78 is 10.9. The van der Waals surface area contributed by atoms with Crippen LogP contribution in [0.2, 0.25) is 0 Å². The zero-order chi connectivity index (χ0) is 32.4. The number of esters is 1. The number of rotatable bonds is 12. The highest BCUT2D eigenvalue weighted by Crippen LogP contribution is 2.24. The number of alkyl carbamates (subject to hydrolysis) is 1. The van der Waals surface area contributed by atoms with Crippen molar-refractivity contribution < 1.29 is 33.8 Å². The van der Waals surface area contributed by atoms with E-state index in [0.717, 1.165) is 17.5 Å². The average Bonchev–Trinajstić information content (AvgIpc) is 2.91. The summed E-state index contributed by atoms with van der Waals surface area (Å²) >= 11 is 0. The van der Waals surface area contributed by atoms with E-state index in [1.807, 2.05) is 49.4 Å². The number of aliphatic hydroxyl groups is 1. The first kappa shape index (κ1) is 35.3. The topological polar surface area (TPSA) is 134 Å². The van der Waals surface area contributed by atoms with E-state index in [1.54, 1.807) is 53.7 Å². The molecule has 10 heteroatoms. The number of nitrogens with one attached hydrogen (secondary N) is 2. The summed E-state index contributed by atoms with van der Waals surface area (Å²) in [6, 6.07) is 13.0. The monoisotopic (exact) mass is 597 g/mol. The lowest BCUT2D eigenvalue weighted by atomic mass is 9.99. The summed E-state index contributed by atoms with van der Waals surface area (Å²) in [5, 5.41) is 15.3. The van der Waals surface area contributed by atoms with Crippen LogP contribution in [0.1, 0.15) is 78.1 Å². The van der Waals surface area contributed by atoms with Crippen molar-refractivity contribution >= 4 is 23.9 Å². The number of ether oxygens (including phenoxy) is 2. The molecular formula is C33H47N3O7. The minimum atomic E-state index is -1.23. The molecule has 3 atom stereocenters. The fraction of sp³-hybridized carbons (Fsp3) is 0.515. The zero-order valence-electron chi connectivity index (χ0n) is 26.6. The molecule has 2 aromatic carbocycles. The molecule has 3 N–H and O–H groups in total. The Morgan fingerprint density at radius 3 is 1.93 bits per heavy atom. The number of hydrogen-bond donors (Lipinski definition) is 3. The summed E-state index contributed by atoms with van der Waals surface area (Å²) in [6.07, 6.45) is 0.136. The molecule has 236 valence electrons. The van der Waals surface area contributed by atoms with E-state index in [9.17, 15) is 24.3 Å². The molecule has 0 spiro atoms. The Labute approximate surface area is 255 Å². The lowest BCUT2D eigenvalue weighted by molar-refractivity contribution is -0.159. The van der Waals surface area contributed by atoms with Crippen LogP contribution >= 0.6 is 0 Å². The van der Waals surface area contributed by atoms with Gasteiger partial charge >= 0.3 is 12.1 Å². The second-order valence-electron chi connectivity index (χ2n) is 12.4. The van der Waals surface area contributed by atoms with Gasteiger partial charge in [-0.1, -0.05) is 61.5 Å². The van der Waals surface area contributed by atoms with E-state index in [2.05, 4.69) is 10.6 Å². The predicted molar refractivity (Wildman–Crippen MR) is 164 cm³/mol. The first-order valence-electron chi connectivity index (χ1n) is 14.6. The maximum Gasteiger partial charge on any atom is 0.408 e. The molecule has 43 heavy (non-hydrogen) atoms. The third-order valence-corrected chi connectivity index (χ3v) is 6.28. The highest BCUT2D eigenvalue weighted by atomic mass is 16.6. The van der Waals surface area contributed by atoms with Gasteiger partial charge in [0.25, 0.3) is 0 Å². The van der Waals surface area contributed by atoms with Gasteiger partial charge in [0.1, 0.15) is 29.3 Å². The van der Waals surface area contributed by atoms with Gasteiger partial charge in [0, 0.05) is 13.0 Å². The summed E-state index contributed by atoms with van der Waals surface area (Å²) in [5.74, 6) is -1.87.